The molecule has 4 heterocycles. The van der Waals surface area contributed by atoms with Gasteiger partial charge < -0.3 is 18.8 Å². The van der Waals surface area contributed by atoms with Crippen LogP contribution in [0.3, 0.4) is 0 Å². The van der Waals surface area contributed by atoms with Crippen molar-refractivity contribution in [2.75, 3.05) is 33.4 Å². The number of aromatic nitrogens is 2. The van der Waals surface area contributed by atoms with Crippen molar-refractivity contribution >= 4 is 16.9 Å². The van der Waals surface area contributed by atoms with E-state index in [9.17, 15) is 9.59 Å². The molecular weight excluding hydrogens is 446 g/mol. The molecule has 8 nitrogen and oxygen atoms in total. The maximum atomic E-state index is 13.1. The first-order valence-corrected chi connectivity index (χ1v) is 12.3. The van der Waals surface area contributed by atoms with Crippen LogP contribution in [0, 0.1) is 0 Å². The number of benzene rings is 1. The fraction of sp³-hybridized carbons (Fsp3) is 0.444. The second-order valence-electron chi connectivity index (χ2n) is 9.12. The third-order valence-corrected chi connectivity index (χ3v) is 6.90. The van der Waals surface area contributed by atoms with E-state index in [0.717, 1.165) is 36.7 Å². The molecule has 35 heavy (non-hydrogen) atoms. The molecule has 0 saturated carbocycles. The summed E-state index contributed by atoms with van der Waals surface area (Å²) < 4.78 is 18.5. The van der Waals surface area contributed by atoms with Crippen molar-refractivity contribution < 1.29 is 19.0 Å². The Kier molecular flexibility index (Phi) is 7.11. The van der Waals surface area contributed by atoms with E-state index in [-0.39, 0.29) is 17.4 Å². The summed E-state index contributed by atoms with van der Waals surface area (Å²) in [5.41, 5.74) is 3.02. The number of pyridine rings is 2. The molecule has 184 valence electrons. The Morgan fingerprint density at radius 3 is 2.91 bits per heavy atom. The topological polar surface area (TPSA) is 82.9 Å². The van der Waals surface area contributed by atoms with Gasteiger partial charge in [0.05, 0.1) is 18.7 Å². The summed E-state index contributed by atoms with van der Waals surface area (Å²) in [4.78, 5) is 32.7. The van der Waals surface area contributed by atoms with Crippen molar-refractivity contribution in [2.24, 2.45) is 0 Å². The second-order valence-corrected chi connectivity index (χ2v) is 9.12. The van der Waals surface area contributed by atoms with Gasteiger partial charge in [-0.15, -0.1) is 0 Å². The monoisotopic (exact) mass is 477 g/mol. The normalized spacial score (nSPS) is 18.6. The molecule has 1 unspecified atom stereocenters. The molecule has 0 radical (unpaired) electrons. The van der Waals surface area contributed by atoms with Gasteiger partial charge in [-0.1, -0.05) is 18.2 Å². The molecular formula is C27H31N3O5. The number of hydrogen-bond donors (Lipinski definition) is 0. The largest absolute Gasteiger partial charge is 0.490 e. The molecule has 8 heteroatoms. The Morgan fingerprint density at radius 2 is 2.09 bits per heavy atom. The first-order valence-electron chi connectivity index (χ1n) is 12.3. The molecule has 0 N–H and O–H groups in total. The number of carbonyl (C=O) groups is 1. The highest BCUT2D eigenvalue weighted by Crippen LogP contribution is 2.26. The highest BCUT2D eigenvalue weighted by Gasteiger charge is 2.27. The number of rotatable bonds is 6. The van der Waals surface area contributed by atoms with Gasteiger partial charge in [0.15, 0.2) is 0 Å². The standard InChI is InChI=1S/C27H31N3O5/c1-33-27(32)26-23-10-12-29(17-19-6-4-9-22-21(19)8-5-11-28-22)13-14-30(23)25(31)16-24(26)35-18-20-7-2-3-15-34-20/h4-6,8-9,11,16,20H,2-3,7,10,12-15,17-18H2,1H3. The van der Waals surface area contributed by atoms with E-state index >= 15 is 0 Å². The van der Waals surface area contributed by atoms with Crippen LogP contribution in [0.1, 0.15) is 40.9 Å². The molecule has 0 aliphatic carbocycles. The second kappa shape index (κ2) is 10.6. The zero-order valence-corrected chi connectivity index (χ0v) is 20.1. The minimum atomic E-state index is -0.484. The number of fused-ring (bicyclic) bond motifs is 2. The lowest BCUT2D eigenvalue weighted by Crippen LogP contribution is -2.30. The predicted molar refractivity (Wildman–Crippen MR) is 132 cm³/mol. The average molecular weight is 478 g/mol. The van der Waals surface area contributed by atoms with Crippen molar-refractivity contribution in [3.05, 3.63) is 69.8 Å². The molecule has 1 atom stereocenters. The first-order chi connectivity index (χ1) is 17.1. The van der Waals surface area contributed by atoms with E-state index in [1.54, 1.807) is 10.8 Å². The number of methoxy groups -OCH3 is 1. The van der Waals surface area contributed by atoms with Crippen LogP contribution in [0.4, 0.5) is 0 Å². The molecule has 1 fully saturated rings. The van der Waals surface area contributed by atoms with Gasteiger partial charge in [-0.3, -0.25) is 14.7 Å². The summed E-state index contributed by atoms with van der Waals surface area (Å²) in [6, 6.07) is 11.6. The zero-order valence-electron chi connectivity index (χ0n) is 20.1. The Morgan fingerprint density at radius 1 is 1.17 bits per heavy atom. The molecule has 5 rings (SSSR count). The average Bonchev–Trinajstić information content (AvgIpc) is 3.11. The Balaban J connectivity index is 1.39. The Labute approximate surface area is 204 Å². The van der Waals surface area contributed by atoms with Crippen LogP contribution >= 0.6 is 0 Å². The smallest absolute Gasteiger partial charge is 0.343 e. The summed E-state index contributed by atoms with van der Waals surface area (Å²) in [5.74, 6) is -0.197. The summed E-state index contributed by atoms with van der Waals surface area (Å²) in [7, 11) is 1.36. The predicted octanol–water partition coefficient (Wildman–Crippen LogP) is 3.19. The quantitative estimate of drug-likeness (QED) is 0.504. The molecule has 0 spiro atoms. The number of esters is 1. The van der Waals surface area contributed by atoms with Gasteiger partial charge in [0.1, 0.15) is 17.9 Å². The van der Waals surface area contributed by atoms with Crippen molar-refractivity contribution in [1.82, 2.24) is 14.5 Å². The maximum Gasteiger partial charge on any atom is 0.343 e. The summed E-state index contributed by atoms with van der Waals surface area (Å²) in [6.07, 6.45) is 5.37. The Bertz CT molecular complexity index is 1260. The minimum absolute atomic E-state index is 0.0264. The van der Waals surface area contributed by atoms with Crippen LogP contribution in [0.5, 0.6) is 5.75 Å². The van der Waals surface area contributed by atoms with Crippen molar-refractivity contribution in [3.63, 3.8) is 0 Å². The lowest BCUT2D eigenvalue weighted by molar-refractivity contribution is -0.0114. The van der Waals surface area contributed by atoms with Crippen molar-refractivity contribution in [3.8, 4) is 5.75 Å². The highest BCUT2D eigenvalue weighted by atomic mass is 16.5. The van der Waals surface area contributed by atoms with E-state index in [4.69, 9.17) is 14.2 Å². The van der Waals surface area contributed by atoms with E-state index < -0.39 is 5.97 Å². The van der Waals surface area contributed by atoms with Crippen LogP contribution in [-0.2, 0) is 29.0 Å². The van der Waals surface area contributed by atoms with Crippen molar-refractivity contribution in [1.29, 1.82) is 0 Å². The summed E-state index contributed by atoms with van der Waals surface area (Å²) >= 11 is 0. The maximum absolute atomic E-state index is 13.1. The van der Waals surface area contributed by atoms with Crippen LogP contribution < -0.4 is 10.3 Å². The van der Waals surface area contributed by atoms with Gasteiger partial charge in [-0.05, 0) is 37.0 Å². The number of nitrogens with zero attached hydrogens (tertiary/aromatic N) is 3. The summed E-state index contributed by atoms with van der Waals surface area (Å²) in [6.45, 7) is 3.66. The first kappa shape index (κ1) is 23.5. The third kappa shape index (κ3) is 5.09. The van der Waals surface area contributed by atoms with E-state index in [1.165, 1.54) is 18.7 Å². The van der Waals surface area contributed by atoms with E-state index in [2.05, 4.69) is 22.0 Å². The fourth-order valence-electron chi connectivity index (χ4n) is 5.05. The molecule has 0 amide bonds. The number of ether oxygens (including phenoxy) is 3. The lowest BCUT2D eigenvalue weighted by atomic mass is 10.1. The zero-order chi connectivity index (χ0) is 24.2. The summed E-state index contributed by atoms with van der Waals surface area (Å²) in [5, 5.41) is 1.13. The SMILES string of the molecule is COC(=O)c1c(OCC2CCCCO2)cc(=O)n2c1CCN(Cc1cccc3ncccc13)CC2. The molecule has 3 aromatic rings. The molecule has 1 saturated heterocycles. The molecule has 0 bridgehead atoms. The van der Waals surface area contributed by atoms with E-state index in [0.29, 0.717) is 50.5 Å². The number of carbonyl (C=O) groups excluding carboxylic acids is 1. The van der Waals surface area contributed by atoms with Crippen LogP contribution in [0.15, 0.2) is 47.4 Å². The van der Waals surface area contributed by atoms with Crippen LogP contribution in [0.2, 0.25) is 0 Å². The van der Waals surface area contributed by atoms with Gasteiger partial charge >= 0.3 is 5.97 Å². The minimum Gasteiger partial charge on any atom is -0.490 e. The molecule has 1 aromatic carbocycles. The molecule has 2 aliphatic heterocycles. The molecule has 2 aromatic heterocycles. The number of hydrogen-bond acceptors (Lipinski definition) is 7. The van der Waals surface area contributed by atoms with Gasteiger partial charge in [0, 0.05) is 62.6 Å². The van der Waals surface area contributed by atoms with Crippen molar-refractivity contribution in [2.45, 2.75) is 44.9 Å². The van der Waals surface area contributed by atoms with Gasteiger partial charge in [0.25, 0.3) is 5.56 Å². The van der Waals surface area contributed by atoms with Gasteiger partial charge in [-0.25, -0.2) is 4.79 Å². The third-order valence-electron chi connectivity index (χ3n) is 6.90. The van der Waals surface area contributed by atoms with Gasteiger partial charge in [-0.2, -0.15) is 0 Å². The highest BCUT2D eigenvalue weighted by molar-refractivity contribution is 5.93. The molecule has 2 aliphatic rings. The van der Waals surface area contributed by atoms with Gasteiger partial charge in [0.2, 0.25) is 0 Å². The Hall–Kier alpha value is -3.23. The van der Waals surface area contributed by atoms with E-state index in [1.807, 2.05) is 18.2 Å². The fourth-order valence-corrected chi connectivity index (χ4v) is 5.05. The lowest BCUT2D eigenvalue weighted by Gasteiger charge is -2.24. The van der Waals surface area contributed by atoms with Crippen LogP contribution in [-0.4, -0.2) is 59.9 Å². The van der Waals surface area contributed by atoms with Crippen LogP contribution in [0.25, 0.3) is 10.9 Å².